The van der Waals surface area contributed by atoms with Crippen molar-refractivity contribution < 1.29 is 9.53 Å². The number of carbonyl (C=O) groups is 1. The van der Waals surface area contributed by atoms with Crippen LogP contribution in [0.3, 0.4) is 0 Å². The van der Waals surface area contributed by atoms with Crippen LogP contribution in [0.25, 0.3) is 16.8 Å². The minimum Gasteiger partial charge on any atom is -0.444 e. The van der Waals surface area contributed by atoms with Gasteiger partial charge in [0.2, 0.25) is 0 Å². The van der Waals surface area contributed by atoms with Gasteiger partial charge in [0.25, 0.3) is 0 Å². The lowest BCUT2D eigenvalue weighted by Gasteiger charge is -2.36. The number of nitrogens with zero attached hydrogens (tertiary/aromatic N) is 6. The van der Waals surface area contributed by atoms with E-state index in [0.717, 1.165) is 40.2 Å². The van der Waals surface area contributed by atoms with Crippen molar-refractivity contribution in [3.8, 4) is 11.1 Å². The highest BCUT2D eigenvalue weighted by atomic mass is 79.9. The van der Waals surface area contributed by atoms with Crippen molar-refractivity contribution in [1.29, 1.82) is 0 Å². The maximum atomic E-state index is 12.2. The average Bonchev–Trinajstić information content (AvgIpc) is 3.07. The van der Waals surface area contributed by atoms with Gasteiger partial charge in [-0.05, 0) is 48.8 Å². The fourth-order valence-corrected chi connectivity index (χ4v) is 3.56. The quantitative estimate of drug-likeness (QED) is 0.583. The Kier molecular flexibility index (Phi) is 5.16. The number of rotatable bonds is 2. The lowest BCUT2D eigenvalue weighted by atomic mass is 10.1. The van der Waals surface area contributed by atoms with Crippen LogP contribution in [0.2, 0.25) is 0 Å². The molecule has 0 saturated carbocycles. The highest BCUT2D eigenvalue weighted by Crippen LogP contribution is 2.23. The van der Waals surface area contributed by atoms with Gasteiger partial charge in [0, 0.05) is 55.9 Å². The predicted molar refractivity (Wildman–Crippen MR) is 114 cm³/mol. The van der Waals surface area contributed by atoms with Crippen LogP contribution in [0, 0.1) is 0 Å². The third kappa shape index (κ3) is 4.34. The summed E-state index contributed by atoms with van der Waals surface area (Å²) in [5.41, 5.74) is 2.22. The average molecular weight is 459 g/mol. The third-order valence-corrected chi connectivity index (χ3v) is 5.21. The van der Waals surface area contributed by atoms with Crippen molar-refractivity contribution >= 4 is 33.5 Å². The lowest BCUT2D eigenvalue weighted by molar-refractivity contribution is 0.0240. The van der Waals surface area contributed by atoms with Crippen LogP contribution in [-0.4, -0.2) is 62.4 Å². The first-order chi connectivity index (χ1) is 13.8. The fraction of sp³-hybridized carbons (Fsp3) is 0.400. The minimum atomic E-state index is -0.476. The second-order valence-corrected chi connectivity index (χ2v) is 8.82. The van der Waals surface area contributed by atoms with Crippen LogP contribution in [0.5, 0.6) is 0 Å². The monoisotopic (exact) mass is 458 g/mol. The number of pyridine rings is 1. The molecule has 3 aromatic rings. The van der Waals surface area contributed by atoms with Gasteiger partial charge in [-0.2, -0.15) is 5.10 Å². The topological polar surface area (TPSA) is 75.9 Å². The van der Waals surface area contributed by atoms with Crippen molar-refractivity contribution in [2.45, 2.75) is 26.4 Å². The molecule has 0 N–H and O–H groups in total. The standard InChI is InChI=1S/C20H23BrN6O2/c1-20(2,3)29-19(28)26-8-6-25(7-9-26)17-5-4-14(10-22-17)15-11-23-18-16(21)12-24-27(18)13-15/h4-5,10-13H,6-9H2,1-3H3. The second-order valence-electron chi connectivity index (χ2n) is 7.96. The number of halogens is 1. The van der Waals surface area contributed by atoms with E-state index in [1.54, 1.807) is 15.6 Å². The molecule has 4 heterocycles. The number of piperazine rings is 1. The van der Waals surface area contributed by atoms with Crippen LogP contribution in [-0.2, 0) is 4.74 Å². The van der Waals surface area contributed by atoms with E-state index in [0.29, 0.717) is 13.1 Å². The molecule has 0 unspecified atom stereocenters. The molecule has 152 valence electrons. The van der Waals surface area contributed by atoms with E-state index < -0.39 is 5.60 Å². The maximum Gasteiger partial charge on any atom is 0.410 e. The third-order valence-electron chi connectivity index (χ3n) is 4.65. The first kappa shape index (κ1) is 19.6. The summed E-state index contributed by atoms with van der Waals surface area (Å²) in [4.78, 5) is 25.2. The predicted octanol–water partition coefficient (Wildman–Crippen LogP) is 3.61. The number of hydrogen-bond acceptors (Lipinski definition) is 6. The Morgan fingerprint density at radius 3 is 2.41 bits per heavy atom. The number of carbonyl (C=O) groups excluding carboxylic acids is 1. The zero-order valence-electron chi connectivity index (χ0n) is 16.7. The minimum absolute atomic E-state index is 0.256. The highest BCUT2D eigenvalue weighted by Gasteiger charge is 2.26. The largest absolute Gasteiger partial charge is 0.444 e. The number of anilines is 1. The highest BCUT2D eigenvalue weighted by molar-refractivity contribution is 9.10. The van der Waals surface area contributed by atoms with E-state index in [1.807, 2.05) is 51.5 Å². The van der Waals surface area contributed by atoms with Crippen LogP contribution in [0.15, 0.2) is 41.4 Å². The van der Waals surface area contributed by atoms with Gasteiger partial charge in [-0.1, -0.05) is 0 Å². The van der Waals surface area contributed by atoms with Crippen LogP contribution in [0.1, 0.15) is 20.8 Å². The van der Waals surface area contributed by atoms with Gasteiger partial charge in [0.05, 0.1) is 10.7 Å². The van der Waals surface area contributed by atoms with Gasteiger partial charge in [0.1, 0.15) is 11.4 Å². The fourth-order valence-electron chi connectivity index (χ4n) is 3.18. The molecule has 1 saturated heterocycles. The van der Waals surface area contributed by atoms with Crippen molar-refractivity contribution in [2.24, 2.45) is 0 Å². The maximum absolute atomic E-state index is 12.2. The lowest BCUT2D eigenvalue weighted by Crippen LogP contribution is -2.50. The van der Waals surface area contributed by atoms with E-state index in [2.05, 4.69) is 35.9 Å². The van der Waals surface area contributed by atoms with Gasteiger partial charge in [-0.25, -0.2) is 19.3 Å². The molecule has 1 amide bonds. The molecule has 0 radical (unpaired) electrons. The molecule has 9 heteroatoms. The van der Waals surface area contributed by atoms with Crippen LogP contribution in [0.4, 0.5) is 10.6 Å². The first-order valence-corrected chi connectivity index (χ1v) is 10.3. The molecule has 8 nitrogen and oxygen atoms in total. The Balaban J connectivity index is 1.41. The van der Waals surface area contributed by atoms with Gasteiger partial charge in [-0.15, -0.1) is 0 Å². The molecule has 0 aromatic carbocycles. The molecule has 0 aliphatic carbocycles. The summed E-state index contributed by atoms with van der Waals surface area (Å²) in [7, 11) is 0. The SMILES string of the molecule is CC(C)(C)OC(=O)N1CCN(c2ccc(-c3cnc4c(Br)cnn4c3)cn2)CC1. The van der Waals surface area contributed by atoms with Crippen LogP contribution >= 0.6 is 15.9 Å². The van der Waals surface area contributed by atoms with E-state index in [9.17, 15) is 4.79 Å². The summed E-state index contributed by atoms with van der Waals surface area (Å²) >= 11 is 3.43. The number of fused-ring (bicyclic) bond motifs is 1. The Bertz CT molecular complexity index is 1020. The molecule has 1 aliphatic heterocycles. The zero-order chi connectivity index (χ0) is 20.6. The summed E-state index contributed by atoms with van der Waals surface area (Å²) in [6, 6.07) is 4.03. The first-order valence-electron chi connectivity index (χ1n) is 9.48. The van der Waals surface area contributed by atoms with E-state index in [4.69, 9.17) is 4.74 Å². The van der Waals surface area contributed by atoms with Crippen LogP contribution < -0.4 is 4.90 Å². The molecule has 29 heavy (non-hydrogen) atoms. The van der Waals surface area contributed by atoms with Gasteiger partial charge < -0.3 is 14.5 Å². The van der Waals surface area contributed by atoms with E-state index in [1.165, 1.54) is 0 Å². The number of aromatic nitrogens is 4. The molecule has 0 spiro atoms. The smallest absolute Gasteiger partial charge is 0.410 e. The molecule has 4 rings (SSSR count). The summed E-state index contributed by atoms with van der Waals surface area (Å²) in [6.07, 6.45) is 7.07. The van der Waals surface area contributed by atoms with Crippen molar-refractivity contribution in [1.82, 2.24) is 24.5 Å². The Labute approximate surface area is 177 Å². The Morgan fingerprint density at radius 2 is 1.76 bits per heavy atom. The molecule has 0 atom stereocenters. The van der Waals surface area contributed by atoms with Gasteiger partial charge in [-0.3, -0.25) is 0 Å². The van der Waals surface area contributed by atoms with E-state index >= 15 is 0 Å². The Morgan fingerprint density at radius 1 is 1.03 bits per heavy atom. The van der Waals surface area contributed by atoms with Gasteiger partial charge in [0.15, 0.2) is 5.65 Å². The second kappa shape index (κ2) is 7.62. The number of ether oxygens (including phenoxy) is 1. The summed E-state index contributed by atoms with van der Waals surface area (Å²) in [5, 5.41) is 4.28. The number of amides is 1. The molecular weight excluding hydrogens is 436 g/mol. The molecule has 3 aromatic heterocycles. The van der Waals surface area contributed by atoms with Crippen molar-refractivity contribution in [3.63, 3.8) is 0 Å². The molecule has 0 bridgehead atoms. The molecule has 1 fully saturated rings. The van der Waals surface area contributed by atoms with Crippen molar-refractivity contribution in [2.75, 3.05) is 31.1 Å². The number of hydrogen-bond donors (Lipinski definition) is 0. The van der Waals surface area contributed by atoms with Crippen molar-refractivity contribution in [3.05, 3.63) is 41.4 Å². The molecular formula is C20H23BrN6O2. The summed E-state index contributed by atoms with van der Waals surface area (Å²) < 4.78 is 8.06. The molecule has 1 aliphatic rings. The van der Waals surface area contributed by atoms with E-state index in [-0.39, 0.29) is 6.09 Å². The zero-order valence-corrected chi connectivity index (χ0v) is 18.3. The Hall–Kier alpha value is -2.68. The normalized spacial score (nSPS) is 15.0. The summed E-state index contributed by atoms with van der Waals surface area (Å²) in [6.45, 7) is 8.32. The summed E-state index contributed by atoms with van der Waals surface area (Å²) in [5.74, 6) is 0.897. The van der Waals surface area contributed by atoms with Gasteiger partial charge >= 0.3 is 6.09 Å².